The monoisotopic (exact) mass is 547 g/mol. The van der Waals surface area contributed by atoms with Gasteiger partial charge in [-0.15, -0.1) is 0 Å². The minimum atomic E-state index is -0.517. The topological polar surface area (TPSA) is 93.4 Å². The minimum absolute atomic E-state index is 0.00110. The van der Waals surface area contributed by atoms with Crippen LogP contribution in [0.25, 0.3) is 11.4 Å². The number of anilines is 2. The summed E-state index contributed by atoms with van der Waals surface area (Å²) in [7, 11) is 0. The van der Waals surface area contributed by atoms with Crippen molar-refractivity contribution in [1.82, 2.24) is 20.0 Å². The maximum atomic E-state index is 12.4. The molecule has 1 atom stereocenters. The van der Waals surface area contributed by atoms with Crippen LogP contribution in [0.4, 0.5) is 16.3 Å². The highest BCUT2D eigenvalue weighted by Crippen LogP contribution is 2.29. The predicted octanol–water partition coefficient (Wildman–Crippen LogP) is 8.28. The second-order valence-corrected chi connectivity index (χ2v) is 11.8. The summed E-state index contributed by atoms with van der Waals surface area (Å²) < 4.78 is 11.0. The van der Waals surface area contributed by atoms with Crippen molar-refractivity contribution in [1.29, 1.82) is 0 Å². The van der Waals surface area contributed by atoms with Gasteiger partial charge in [-0.05, 0) is 69.9 Å². The number of nitrogens with one attached hydrogen (secondary N) is 1. The number of carbonyl (C=O) groups excluding carboxylic acids is 1. The molecule has 3 heterocycles. The molecule has 4 rings (SSSR count). The highest BCUT2D eigenvalue weighted by atomic mass is 16.6. The number of nitrogens with zero attached hydrogens (tertiary/aromatic N) is 4. The van der Waals surface area contributed by atoms with E-state index in [2.05, 4.69) is 51.6 Å². The van der Waals surface area contributed by atoms with E-state index in [1.807, 2.05) is 32.9 Å². The van der Waals surface area contributed by atoms with Crippen LogP contribution >= 0.6 is 0 Å². The van der Waals surface area contributed by atoms with Crippen molar-refractivity contribution in [3.63, 3.8) is 0 Å². The molecule has 0 radical (unpaired) electrons. The first-order valence-electron chi connectivity index (χ1n) is 14.9. The summed E-state index contributed by atoms with van der Waals surface area (Å²) in [5, 5.41) is 7.52. The van der Waals surface area contributed by atoms with E-state index in [0.717, 1.165) is 29.9 Å². The Balaban J connectivity index is 1.22. The number of aryl methyl sites for hydroxylation is 1. The maximum absolute atomic E-state index is 12.4. The molecule has 1 aliphatic heterocycles. The van der Waals surface area contributed by atoms with Crippen LogP contribution < -0.4 is 5.32 Å². The predicted molar refractivity (Wildman–Crippen MR) is 159 cm³/mol. The fourth-order valence-corrected chi connectivity index (χ4v) is 4.94. The van der Waals surface area contributed by atoms with Crippen molar-refractivity contribution < 1.29 is 14.1 Å². The molecular formula is C32H45N5O3. The van der Waals surface area contributed by atoms with Gasteiger partial charge in [0.25, 0.3) is 0 Å². The molecule has 1 fully saturated rings. The highest BCUT2D eigenvalue weighted by Gasteiger charge is 2.33. The summed E-state index contributed by atoms with van der Waals surface area (Å²) in [6.45, 7) is 8.99. The van der Waals surface area contributed by atoms with E-state index >= 15 is 0 Å². The summed E-state index contributed by atoms with van der Waals surface area (Å²) in [4.78, 5) is 23.2. The lowest BCUT2D eigenvalue weighted by molar-refractivity contribution is 0.0291. The lowest BCUT2D eigenvalue weighted by Crippen LogP contribution is -2.35. The SMILES string of the molecule is CCCCCCCCCCc1ccc(Nc2ccc(-c3noc([C@@H]4CCN(C(=O)OC(C)(C)C)C4)n3)cn2)cc1. The van der Waals surface area contributed by atoms with Crippen LogP contribution in [0, 0.1) is 0 Å². The van der Waals surface area contributed by atoms with Gasteiger partial charge >= 0.3 is 6.09 Å². The summed E-state index contributed by atoms with van der Waals surface area (Å²) in [5.74, 6) is 1.79. The van der Waals surface area contributed by atoms with Crippen molar-refractivity contribution in [3.05, 3.63) is 54.0 Å². The van der Waals surface area contributed by atoms with Crippen molar-refractivity contribution in [3.8, 4) is 11.4 Å². The Labute approximate surface area is 238 Å². The standard InChI is InChI=1S/C32H45N5O3/c1-5-6-7-8-9-10-11-12-13-24-14-17-27(18-15-24)34-28-19-16-25(22-33-28)29-35-30(40-36-29)26-20-21-37(23-26)31(38)39-32(2,3)4/h14-19,22,26H,5-13,20-21,23H2,1-4H3,(H,33,34)/t26-/m1/s1. The normalized spacial score (nSPS) is 15.4. The van der Waals surface area contributed by atoms with Crippen LogP contribution in [0.3, 0.4) is 0 Å². The first-order chi connectivity index (χ1) is 19.3. The summed E-state index contributed by atoms with van der Waals surface area (Å²) in [6.07, 6.45) is 14.1. The Morgan fingerprint density at radius 3 is 2.42 bits per heavy atom. The van der Waals surface area contributed by atoms with Gasteiger partial charge in [0.1, 0.15) is 11.4 Å². The molecule has 2 aromatic heterocycles. The Morgan fingerprint density at radius 1 is 1.02 bits per heavy atom. The van der Waals surface area contributed by atoms with Gasteiger partial charge in [0.2, 0.25) is 11.7 Å². The zero-order valence-corrected chi connectivity index (χ0v) is 24.6. The Kier molecular flexibility index (Phi) is 10.6. The van der Waals surface area contributed by atoms with Gasteiger partial charge in [-0.2, -0.15) is 4.98 Å². The fraction of sp³-hybridized carbons (Fsp3) is 0.562. The van der Waals surface area contributed by atoms with Gasteiger partial charge in [-0.3, -0.25) is 0 Å². The van der Waals surface area contributed by atoms with Gasteiger partial charge in [0, 0.05) is 30.5 Å². The molecule has 3 aromatic rings. The molecule has 8 nitrogen and oxygen atoms in total. The van der Waals surface area contributed by atoms with Crippen LogP contribution in [0.15, 0.2) is 47.1 Å². The lowest BCUT2D eigenvalue weighted by atomic mass is 10.0. The summed E-state index contributed by atoms with van der Waals surface area (Å²) >= 11 is 0. The molecule has 1 aromatic carbocycles. The van der Waals surface area contributed by atoms with E-state index in [-0.39, 0.29) is 12.0 Å². The van der Waals surface area contributed by atoms with E-state index in [1.54, 1.807) is 11.1 Å². The van der Waals surface area contributed by atoms with E-state index in [0.29, 0.717) is 24.8 Å². The highest BCUT2D eigenvalue weighted by molar-refractivity contribution is 5.68. The number of hydrogen-bond acceptors (Lipinski definition) is 7. The Morgan fingerprint density at radius 2 is 1.75 bits per heavy atom. The molecular weight excluding hydrogens is 502 g/mol. The number of likely N-dealkylation sites (tertiary alicyclic amines) is 1. The number of unbranched alkanes of at least 4 members (excludes halogenated alkanes) is 7. The second-order valence-electron chi connectivity index (χ2n) is 11.8. The molecule has 216 valence electrons. The van der Waals surface area contributed by atoms with Gasteiger partial charge in [0.15, 0.2) is 0 Å². The van der Waals surface area contributed by atoms with E-state index in [4.69, 9.17) is 9.26 Å². The molecule has 1 aliphatic rings. The number of pyridine rings is 1. The number of ether oxygens (including phenoxy) is 1. The average Bonchev–Trinajstić information content (AvgIpc) is 3.61. The van der Waals surface area contributed by atoms with Gasteiger partial charge in [0.05, 0.1) is 5.92 Å². The number of carbonyl (C=O) groups is 1. The van der Waals surface area contributed by atoms with Crippen molar-refractivity contribution in [2.45, 2.75) is 103 Å². The number of hydrogen-bond donors (Lipinski definition) is 1. The average molecular weight is 548 g/mol. The fourth-order valence-electron chi connectivity index (χ4n) is 4.94. The molecule has 0 saturated carbocycles. The first-order valence-corrected chi connectivity index (χ1v) is 14.9. The molecule has 8 heteroatoms. The molecule has 0 spiro atoms. The first kappa shape index (κ1) is 29.6. The molecule has 0 bridgehead atoms. The Hall–Kier alpha value is -3.42. The van der Waals surface area contributed by atoms with E-state index in [1.165, 1.54) is 56.9 Å². The van der Waals surface area contributed by atoms with Crippen LogP contribution in [0.5, 0.6) is 0 Å². The number of benzene rings is 1. The number of aromatic nitrogens is 3. The zero-order valence-electron chi connectivity index (χ0n) is 24.6. The van der Waals surface area contributed by atoms with Crippen molar-refractivity contribution in [2.75, 3.05) is 18.4 Å². The third-order valence-corrected chi connectivity index (χ3v) is 7.20. The van der Waals surface area contributed by atoms with Gasteiger partial charge in [-0.25, -0.2) is 9.78 Å². The molecule has 1 N–H and O–H groups in total. The number of rotatable bonds is 13. The second kappa shape index (κ2) is 14.3. The molecule has 40 heavy (non-hydrogen) atoms. The Bertz CT molecular complexity index is 1180. The number of amides is 1. The van der Waals surface area contributed by atoms with Crippen LogP contribution in [-0.2, 0) is 11.2 Å². The minimum Gasteiger partial charge on any atom is -0.444 e. The summed E-state index contributed by atoms with van der Waals surface area (Å²) in [5.41, 5.74) is 2.65. The lowest BCUT2D eigenvalue weighted by Gasteiger charge is -2.24. The molecule has 0 aliphatic carbocycles. The van der Waals surface area contributed by atoms with Crippen LogP contribution in [0.1, 0.15) is 103 Å². The molecule has 1 saturated heterocycles. The third kappa shape index (κ3) is 9.07. The molecule has 1 amide bonds. The van der Waals surface area contributed by atoms with Gasteiger partial charge in [-0.1, -0.05) is 69.2 Å². The maximum Gasteiger partial charge on any atom is 0.410 e. The van der Waals surface area contributed by atoms with E-state index < -0.39 is 5.60 Å². The van der Waals surface area contributed by atoms with E-state index in [9.17, 15) is 4.79 Å². The van der Waals surface area contributed by atoms with Crippen molar-refractivity contribution in [2.24, 2.45) is 0 Å². The van der Waals surface area contributed by atoms with Crippen LogP contribution in [-0.4, -0.2) is 44.8 Å². The smallest absolute Gasteiger partial charge is 0.410 e. The largest absolute Gasteiger partial charge is 0.444 e. The quantitative estimate of drug-likeness (QED) is 0.215. The zero-order chi connectivity index (χ0) is 28.4. The molecule has 0 unspecified atom stereocenters. The van der Waals surface area contributed by atoms with Gasteiger partial charge < -0.3 is 19.5 Å². The van der Waals surface area contributed by atoms with Crippen LogP contribution in [0.2, 0.25) is 0 Å². The summed E-state index contributed by atoms with van der Waals surface area (Å²) in [6, 6.07) is 12.5. The third-order valence-electron chi connectivity index (χ3n) is 7.20. The van der Waals surface area contributed by atoms with Crippen molar-refractivity contribution >= 4 is 17.6 Å².